The van der Waals surface area contributed by atoms with E-state index in [9.17, 15) is 14.4 Å². The number of amides is 2. The fourth-order valence-electron chi connectivity index (χ4n) is 2.48. The van der Waals surface area contributed by atoms with Crippen LogP contribution in [0.15, 0.2) is 18.2 Å². The van der Waals surface area contributed by atoms with Gasteiger partial charge in [0, 0.05) is 19.3 Å². The van der Waals surface area contributed by atoms with Crippen LogP contribution in [0.5, 0.6) is 0 Å². The van der Waals surface area contributed by atoms with E-state index < -0.39 is 17.8 Å². The molecule has 8 heteroatoms. The van der Waals surface area contributed by atoms with Crippen LogP contribution in [0.3, 0.4) is 0 Å². The van der Waals surface area contributed by atoms with Crippen molar-refractivity contribution in [2.75, 3.05) is 25.6 Å². The summed E-state index contributed by atoms with van der Waals surface area (Å²) in [6.45, 7) is 0.756. The Morgan fingerprint density at radius 2 is 2.00 bits per heavy atom. The molecule has 0 radical (unpaired) electrons. The summed E-state index contributed by atoms with van der Waals surface area (Å²) in [6, 6.07) is 4.54. The van der Waals surface area contributed by atoms with E-state index in [0.29, 0.717) is 31.7 Å². The number of benzene rings is 1. The smallest absolute Gasteiger partial charge is 0.307 e. The van der Waals surface area contributed by atoms with Gasteiger partial charge in [0.1, 0.15) is 0 Å². The number of carbonyl (C=O) groups is 3. The Hall–Kier alpha value is -2.12. The van der Waals surface area contributed by atoms with Gasteiger partial charge in [0.2, 0.25) is 5.91 Å². The normalized spacial score (nSPS) is 19.2. The van der Waals surface area contributed by atoms with Crippen LogP contribution in [0, 0.1) is 11.8 Å². The van der Waals surface area contributed by atoms with Gasteiger partial charge in [-0.3, -0.25) is 14.4 Å². The molecule has 1 aromatic rings. The van der Waals surface area contributed by atoms with E-state index in [1.54, 1.807) is 6.07 Å². The molecule has 2 amide bonds. The monoisotopic (exact) mass is 354 g/mol. The van der Waals surface area contributed by atoms with Crippen molar-refractivity contribution in [3.05, 3.63) is 28.8 Å². The maximum absolute atomic E-state index is 12.1. The number of halogens is 1. The molecule has 7 nitrogen and oxygen atoms in total. The van der Waals surface area contributed by atoms with Gasteiger partial charge in [-0.15, -0.1) is 0 Å². The molecule has 1 saturated carbocycles. The minimum absolute atomic E-state index is 0.200. The van der Waals surface area contributed by atoms with Crippen molar-refractivity contribution in [3.8, 4) is 0 Å². The first kappa shape index (κ1) is 18.2. The second-order valence-corrected chi connectivity index (χ2v) is 5.97. The Labute approximate surface area is 144 Å². The SMILES string of the molecule is COCCNC(=O)c1ccc(NC(=O)C2CCC2C(=O)O)cc1Cl. The standard InChI is InChI=1S/C16H19ClN2O5/c1-24-7-6-18-14(20)12-3-2-9(8-13(12)17)19-15(21)10-4-5-11(10)16(22)23/h2-3,8,10-11H,4-7H2,1H3,(H,18,20)(H,19,21)(H,22,23). The Balaban J connectivity index is 1.98. The fraction of sp³-hybridized carbons (Fsp3) is 0.438. The molecule has 1 aliphatic rings. The molecule has 0 saturated heterocycles. The third-order valence-electron chi connectivity index (χ3n) is 4.00. The molecule has 1 aliphatic carbocycles. The zero-order valence-corrected chi connectivity index (χ0v) is 13.9. The maximum Gasteiger partial charge on any atom is 0.307 e. The van der Waals surface area contributed by atoms with Crippen LogP contribution < -0.4 is 10.6 Å². The van der Waals surface area contributed by atoms with E-state index in [1.807, 2.05) is 0 Å². The van der Waals surface area contributed by atoms with Crippen LogP contribution in [0.2, 0.25) is 5.02 Å². The Morgan fingerprint density at radius 1 is 1.29 bits per heavy atom. The lowest BCUT2D eigenvalue weighted by molar-refractivity contribution is -0.151. The van der Waals surface area contributed by atoms with E-state index in [-0.39, 0.29) is 22.4 Å². The zero-order chi connectivity index (χ0) is 17.7. The van der Waals surface area contributed by atoms with Crippen LogP contribution in [0.1, 0.15) is 23.2 Å². The van der Waals surface area contributed by atoms with Crippen molar-refractivity contribution < 1.29 is 24.2 Å². The van der Waals surface area contributed by atoms with Crippen molar-refractivity contribution >= 4 is 35.1 Å². The quantitative estimate of drug-likeness (QED) is 0.647. The number of carboxylic acids is 1. The molecule has 3 N–H and O–H groups in total. The molecule has 0 aliphatic heterocycles. The summed E-state index contributed by atoms with van der Waals surface area (Å²) in [4.78, 5) is 35.0. The first-order valence-electron chi connectivity index (χ1n) is 7.54. The number of hydrogen-bond acceptors (Lipinski definition) is 4. The molecule has 1 fully saturated rings. The number of ether oxygens (including phenoxy) is 1. The highest BCUT2D eigenvalue weighted by Gasteiger charge is 2.41. The molecule has 0 heterocycles. The number of rotatable bonds is 7. The van der Waals surface area contributed by atoms with Crippen LogP contribution >= 0.6 is 11.6 Å². The molecule has 130 valence electrons. The number of carbonyl (C=O) groups excluding carboxylic acids is 2. The van der Waals surface area contributed by atoms with Crippen molar-refractivity contribution in [3.63, 3.8) is 0 Å². The molecule has 1 aromatic carbocycles. The number of hydrogen-bond donors (Lipinski definition) is 3. The summed E-state index contributed by atoms with van der Waals surface area (Å²) < 4.78 is 4.85. The third-order valence-corrected chi connectivity index (χ3v) is 4.31. The van der Waals surface area contributed by atoms with Crippen LogP contribution in [-0.4, -0.2) is 43.2 Å². The lowest BCUT2D eigenvalue weighted by atomic mass is 9.73. The topological polar surface area (TPSA) is 105 Å². The van der Waals surface area contributed by atoms with Gasteiger partial charge in [-0.2, -0.15) is 0 Å². The molecular formula is C16H19ClN2O5. The summed E-state index contributed by atoms with van der Waals surface area (Å²) >= 11 is 6.09. The van der Waals surface area contributed by atoms with E-state index in [4.69, 9.17) is 21.4 Å². The number of nitrogens with one attached hydrogen (secondary N) is 2. The predicted molar refractivity (Wildman–Crippen MR) is 88.1 cm³/mol. The number of methoxy groups -OCH3 is 1. The summed E-state index contributed by atoms with van der Waals surface area (Å²) in [7, 11) is 1.54. The molecule has 0 aromatic heterocycles. The summed E-state index contributed by atoms with van der Waals surface area (Å²) in [5, 5.41) is 14.5. The van der Waals surface area contributed by atoms with Gasteiger partial charge < -0.3 is 20.5 Å². The van der Waals surface area contributed by atoms with E-state index in [0.717, 1.165) is 0 Å². The Morgan fingerprint density at radius 3 is 2.54 bits per heavy atom. The van der Waals surface area contributed by atoms with Crippen molar-refractivity contribution in [1.82, 2.24) is 5.32 Å². The largest absolute Gasteiger partial charge is 0.481 e. The van der Waals surface area contributed by atoms with Crippen LogP contribution in [0.25, 0.3) is 0 Å². The Bertz CT molecular complexity index is 649. The van der Waals surface area contributed by atoms with E-state index in [2.05, 4.69) is 10.6 Å². The van der Waals surface area contributed by atoms with Crippen LogP contribution in [-0.2, 0) is 14.3 Å². The van der Waals surface area contributed by atoms with Gasteiger partial charge in [0.15, 0.2) is 0 Å². The predicted octanol–water partition coefficient (Wildman–Crippen LogP) is 1.77. The molecule has 2 rings (SSSR count). The minimum Gasteiger partial charge on any atom is -0.481 e. The summed E-state index contributed by atoms with van der Waals surface area (Å²) in [5.74, 6) is -2.80. The van der Waals surface area contributed by atoms with Gasteiger partial charge >= 0.3 is 5.97 Å². The summed E-state index contributed by atoms with van der Waals surface area (Å²) in [6.07, 6.45) is 1.06. The molecular weight excluding hydrogens is 336 g/mol. The highest BCUT2D eigenvalue weighted by Crippen LogP contribution is 2.35. The van der Waals surface area contributed by atoms with Gasteiger partial charge in [0.25, 0.3) is 5.91 Å². The number of aliphatic carboxylic acids is 1. The molecule has 0 spiro atoms. The van der Waals surface area contributed by atoms with Gasteiger partial charge in [0.05, 0.1) is 29.0 Å². The highest BCUT2D eigenvalue weighted by atomic mass is 35.5. The van der Waals surface area contributed by atoms with E-state index in [1.165, 1.54) is 19.2 Å². The number of carboxylic acid groups (broad SMARTS) is 1. The van der Waals surface area contributed by atoms with E-state index >= 15 is 0 Å². The maximum atomic E-state index is 12.1. The lowest BCUT2D eigenvalue weighted by Gasteiger charge is -2.31. The van der Waals surface area contributed by atoms with Crippen molar-refractivity contribution in [2.24, 2.45) is 11.8 Å². The zero-order valence-electron chi connectivity index (χ0n) is 13.2. The molecule has 0 bridgehead atoms. The summed E-state index contributed by atoms with van der Waals surface area (Å²) in [5.41, 5.74) is 0.715. The molecule has 24 heavy (non-hydrogen) atoms. The second-order valence-electron chi connectivity index (χ2n) is 5.56. The molecule has 2 atom stereocenters. The van der Waals surface area contributed by atoms with Crippen molar-refractivity contribution in [1.29, 1.82) is 0 Å². The lowest BCUT2D eigenvalue weighted by Crippen LogP contribution is -2.41. The van der Waals surface area contributed by atoms with Crippen molar-refractivity contribution in [2.45, 2.75) is 12.8 Å². The molecule has 2 unspecified atom stereocenters. The average Bonchev–Trinajstić information content (AvgIpc) is 2.45. The average molecular weight is 355 g/mol. The minimum atomic E-state index is -0.956. The highest BCUT2D eigenvalue weighted by molar-refractivity contribution is 6.34. The van der Waals surface area contributed by atoms with Gasteiger partial charge in [-0.1, -0.05) is 11.6 Å². The third kappa shape index (κ3) is 4.24. The fourth-order valence-corrected chi connectivity index (χ4v) is 2.75. The second kappa shape index (κ2) is 8.12. The van der Waals surface area contributed by atoms with Gasteiger partial charge in [-0.05, 0) is 31.0 Å². The first-order valence-corrected chi connectivity index (χ1v) is 7.92. The Kier molecular flexibility index (Phi) is 6.16. The van der Waals surface area contributed by atoms with Gasteiger partial charge in [-0.25, -0.2) is 0 Å². The number of anilines is 1. The first-order chi connectivity index (χ1) is 11.4. The van der Waals surface area contributed by atoms with Crippen LogP contribution in [0.4, 0.5) is 5.69 Å².